The van der Waals surface area contributed by atoms with Crippen LogP contribution in [0.25, 0.3) is 0 Å². The number of amides is 1. The summed E-state index contributed by atoms with van der Waals surface area (Å²) in [5, 5.41) is 2.78. The highest BCUT2D eigenvalue weighted by molar-refractivity contribution is 6.27. The number of nitrogens with zero attached hydrogens (tertiary/aromatic N) is 1. The van der Waals surface area contributed by atoms with E-state index < -0.39 is 0 Å². The molecule has 0 bridgehead atoms. The van der Waals surface area contributed by atoms with E-state index in [1.807, 2.05) is 0 Å². The predicted octanol–water partition coefficient (Wildman–Crippen LogP) is 1.61. The minimum absolute atomic E-state index is 0.0605. The van der Waals surface area contributed by atoms with Crippen LogP contribution in [0.5, 0.6) is 0 Å². The van der Waals surface area contributed by atoms with Crippen LogP contribution in [0.1, 0.15) is 32.1 Å². The fourth-order valence-corrected chi connectivity index (χ4v) is 2.01. The second-order valence-corrected chi connectivity index (χ2v) is 4.36. The molecule has 4 heteroatoms. The Morgan fingerprint density at radius 1 is 1.20 bits per heavy atom. The molecule has 1 rings (SSSR count). The molecule has 1 fully saturated rings. The maximum Gasteiger partial charge on any atom is 0.234 e. The first-order valence-electron chi connectivity index (χ1n) is 5.88. The summed E-state index contributed by atoms with van der Waals surface area (Å²) < 4.78 is 0. The molecule has 0 aromatic carbocycles. The van der Waals surface area contributed by atoms with E-state index in [1.165, 1.54) is 45.3 Å². The Labute approximate surface area is 97.2 Å². The van der Waals surface area contributed by atoms with Gasteiger partial charge in [-0.1, -0.05) is 6.42 Å². The van der Waals surface area contributed by atoms with Crippen LogP contribution in [0.3, 0.4) is 0 Å². The zero-order valence-corrected chi connectivity index (χ0v) is 10.1. The molecule has 1 N–H and O–H groups in total. The third kappa shape index (κ3) is 6.00. The van der Waals surface area contributed by atoms with Gasteiger partial charge in [-0.3, -0.25) is 4.79 Å². The quantitative estimate of drug-likeness (QED) is 0.558. The zero-order valence-electron chi connectivity index (χ0n) is 9.30. The van der Waals surface area contributed by atoms with Crippen LogP contribution in [0.4, 0.5) is 0 Å². The molecule has 0 aromatic rings. The van der Waals surface area contributed by atoms with Gasteiger partial charge in [-0.25, -0.2) is 0 Å². The summed E-state index contributed by atoms with van der Waals surface area (Å²) in [5.41, 5.74) is 0. The lowest BCUT2D eigenvalue weighted by atomic mass is 10.1. The Morgan fingerprint density at radius 3 is 2.60 bits per heavy atom. The molecule has 1 saturated heterocycles. The first kappa shape index (κ1) is 12.8. The van der Waals surface area contributed by atoms with Crippen LogP contribution in [-0.4, -0.2) is 42.9 Å². The van der Waals surface area contributed by atoms with Crippen LogP contribution in [0.2, 0.25) is 0 Å². The van der Waals surface area contributed by atoms with Gasteiger partial charge in [0.15, 0.2) is 0 Å². The fraction of sp³-hybridized carbons (Fsp3) is 0.909. The van der Waals surface area contributed by atoms with Crippen LogP contribution < -0.4 is 5.32 Å². The summed E-state index contributed by atoms with van der Waals surface area (Å²) >= 11 is 5.37. The third-order valence-electron chi connectivity index (χ3n) is 2.79. The standard InChI is InChI=1S/C11H21ClN2O/c12-10-11(15)13-6-2-5-9-14-7-3-1-4-8-14/h1-10H2,(H,13,15). The molecule has 0 saturated carbocycles. The molecule has 0 unspecified atom stereocenters. The van der Waals surface area contributed by atoms with Gasteiger partial charge in [-0.05, 0) is 45.3 Å². The maximum absolute atomic E-state index is 10.8. The summed E-state index contributed by atoms with van der Waals surface area (Å²) in [4.78, 5) is 13.3. The van der Waals surface area contributed by atoms with Gasteiger partial charge in [0.1, 0.15) is 5.88 Å². The van der Waals surface area contributed by atoms with Crippen LogP contribution in [0.15, 0.2) is 0 Å². The third-order valence-corrected chi connectivity index (χ3v) is 3.04. The van der Waals surface area contributed by atoms with E-state index in [4.69, 9.17) is 11.6 Å². The Morgan fingerprint density at radius 2 is 1.93 bits per heavy atom. The largest absolute Gasteiger partial charge is 0.355 e. The van der Waals surface area contributed by atoms with Crippen molar-refractivity contribution in [3.8, 4) is 0 Å². The van der Waals surface area contributed by atoms with Gasteiger partial charge in [0.25, 0.3) is 0 Å². The van der Waals surface area contributed by atoms with Gasteiger partial charge >= 0.3 is 0 Å². The van der Waals surface area contributed by atoms with Crippen molar-refractivity contribution in [3.05, 3.63) is 0 Å². The highest BCUT2D eigenvalue weighted by Crippen LogP contribution is 2.08. The number of nitrogens with one attached hydrogen (secondary N) is 1. The number of carbonyl (C=O) groups excluding carboxylic acids is 1. The van der Waals surface area contributed by atoms with Crippen LogP contribution >= 0.6 is 11.6 Å². The maximum atomic E-state index is 10.8. The highest BCUT2D eigenvalue weighted by Gasteiger charge is 2.08. The molecule has 15 heavy (non-hydrogen) atoms. The number of hydrogen-bond donors (Lipinski definition) is 1. The zero-order chi connectivity index (χ0) is 10.9. The number of unbranched alkanes of at least 4 members (excludes halogenated alkanes) is 1. The molecule has 0 radical (unpaired) electrons. The molecule has 1 amide bonds. The van der Waals surface area contributed by atoms with Crippen molar-refractivity contribution in [1.82, 2.24) is 10.2 Å². The molecule has 0 spiro atoms. The van der Waals surface area contributed by atoms with Crippen molar-refractivity contribution >= 4 is 17.5 Å². The second kappa shape index (κ2) is 7.94. The van der Waals surface area contributed by atoms with Crippen molar-refractivity contribution in [2.24, 2.45) is 0 Å². The SMILES string of the molecule is O=C(CCl)NCCCCN1CCCCC1. The van der Waals surface area contributed by atoms with Crippen molar-refractivity contribution in [1.29, 1.82) is 0 Å². The predicted molar refractivity (Wildman–Crippen MR) is 63.3 cm³/mol. The van der Waals surface area contributed by atoms with E-state index in [-0.39, 0.29) is 11.8 Å². The smallest absolute Gasteiger partial charge is 0.234 e. The van der Waals surface area contributed by atoms with E-state index in [9.17, 15) is 4.79 Å². The number of carbonyl (C=O) groups is 1. The molecule has 0 aromatic heterocycles. The molecular weight excluding hydrogens is 212 g/mol. The summed E-state index contributed by atoms with van der Waals surface area (Å²) in [6.07, 6.45) is 6.32. The van der Waals surface area contributed by atoms with Crippen molar-refractivity contribution in [2.45, 2.75) is 32.1 Å². The molecule has 3 nitrogen and oxygen atoms in total. The van der Waals surface area contributed by atoms with Gasteiger partial charge in [0.2, 0.25) is 5.91 Å². The fourth-order valence-electron chi connectivity index (χ4n) is 1.92. The number of piperidine rings is 1. The van der Waals surface area contributed by atoms with Gasteiger partial charge in [0, 0.05) is 6.54 Å². The average Bonchev–Trinajstić information content (AvgIpc) is 2.29. The average molecular weight is 233 g/mol. The number of rotatable bonds is 6. The van der Waals surface area contributed by atoms with Crippen molar-refractivity contribution in [2.75, 3.05) is 32.1 Å². The molecule has 0 atom stereocenters. The highest BCUT2D eigenvalue weighted by atomic mass is 35.5. The number of halogens is 1. The Kier molecular flexibility index (Phi) is 6.77. The molecule has 1 aliphatic rings. The summed E-state index contributed by atoms with van der Waals surface area (Å²) in [7, 11) is 0. The lowest BCUT2D eigenvalue weighted by Crippen LogP contribution is -2.31. The van der Waals surface area contributed by atoms with Crippen LogP contribution in [-0.2, 0) is 4.79 Å². The Balaban J connectivity index is 1.89. The molecule has 1 aliphatic heterocycles. The van der Waals surface area contributed by atoms with Gasteiger partial charge in [-0.15, -0.1) is 11.6 Å². The van der Waals surface area contributed by atoms with E-state index in [2.05, 4.69) is 10.2 Å². The van der Waals surface area contributed by atoms with Crippen molar-refractivity contribution in [3.63, 3.8) is 0 Å². The lowest BCUT2D eigenvalue weighted by molar-refractivity contribution is -0.118. The van der Waals surface area contributed by atoms with E-state index >= 15 is 0 Å². The minimum atomic E-state index is -0.0605. The van der Waals surface area contributed by atoms with Crippen molar-refractivity contribution < 1.29 is 4.79 Å². The van der Waals surface area contributed by atoms with Crippen LogP contribution in [0, 0.1) is 0 Å². The summed E-state index contributed by atoms with van der Waals surface area (Å²) in [6.45, 7) is 4.46. The number of likely N-dealkylation sites (tertiary alicyclic amines) is 1. The molecule has 0 aliphatic carbocycles. The summed E-state index contributed by atoms with van der Waals surface area (Å²) in [6, 6.07) is 0. The second-order valence-electron chi connectivity index (χ2n) is 4.09. The first-order valence-corrected chi connectivity index (χ1v) is 6.41. The monoisotopic (exact) mass is 232 g/mol. The van der Waals surface area contributed by atoms with E-state index in [1.54, 1.807) is 0 Å². The topological polar surface area (TPSA) is 32.3 Å². The number of alkyl halides is 1. The molecule has 1 heterocycles. The molecular formula is C11H21ClN2O. The van der Waals surface area contributed by atoms with Gasteiger partial charge in [0.05, 0.1) is 0 Å². The lowest BCUT2D eigenvalue weighted by Gasteiger charge is -2.26. The normalized spacial score (nSPS) is 17.7. The number of hydrogen-bond acceptors (Lipinski definition) is 2. The van der Waals surface area contributed by atoms with Gasteiger partial charge in [-0.2, -0.15) is 0 Å². The minimum Gasteiger partial charge on any atom is -0.355 e. The molecule has 88 valence electrons. The van der Waals surface area contributed by atoms with Gasteiger partial charge < -0.3 is 10.2 Å². The first-order chi connectivity index (χ1) is 7.33. The Bertz CT molecular complexity index is 181. The summed E-state index contributed by atoms with van der Waals surface area (Å²) in [5.74, 6) is 0.0150. The Hall–Kier alpha value is -0.280. The van der Waals surface area contributed by atoms with E-state index in [0.29, 0.717) is 0 Å². The van der Waals surface area contributed by atoms with E-state index in [0.717, 1.165) is 13.0 Å².